The van der Waals surface area contributed by atoms with Crippen molar-refractivity contribution in [2.75, 3.05) is 5.43 Å². The van der Waals surface area contributed by atoms with E-state index in [0.717, 1.165) is 5.56 Å². The van der Waals surface area contributed by atoms with Crippen molar-refractivity contribution in [2.24, 2.45) is 0 Å². The summed E-state index contributed by atoms with van der Waals surface area (Å²) in [6.45, 7) is 0. The zero-order valence-corrected chi connectivity index (χ0v) is 12.9. The lowest BCUT2D eigenvalue weighted by atomic mass is 10.2. The Morgan fingerprint density at radius 1 is 1.19 bits per heavy atom. The van der Waals surface area contributed by atoms with Crippen LogP contribution < -0.4 is 10.9 Å². The molecule has 1 heterocycles. The van der Waals surface area contributed by atoms with Gasteiger partial charge in [-0.25, -0.2) is 0 Å². The van der Waals surface area contributed by atoms with Crippen molar-refractivity contribution in [3.05, 3.63) is 63.4 Å². The molecule has 0 saturated heterocycles. The molecule has 0 aliphatic rings. The van der Waals surface area contributed by atoms with Crippen LogP contribution in [-0.4, -0.2) is 10.9 Å². The van der Waals surface area contributed by atoms with Crippen molar-refractivity contribution in [3.8, 4) is 0 Å². The molecule has 0 bridgehead atoms. The highest BCUT2D eigenvalue weighted by molar-refractivity contribution is 6.41. The highest BCUT2D eigenvalue weighted by Gasteiger charge is 2.07. The second-order valence-corrected chi connectivity index (χ2v) is 5.23. The summed E-state index contributed by atoms with van der Waals surface area (Å²) in [5, 5.41) is 1.03. The summed E-state index contributed by atoms with van der Waals surface area (Å²) in [7, 11) is 0. The minimum atomic E-state index is -0.360. The van der Waals surface area contributed by atoms with Crippen molar-refractivity contribution in [1.82, 2.24) is 10.4 Å². The highest BCUT2D eigenvalue weighted by atomic mass is 35.5. The number of carbonyl (C=O) groups is 1. The number of carbonyl (C=O) groups excluding carboxylic acids is 1. The Morgan fingerprint density at radius 3 is 2.52 bits per heavy atom. The molecule has 0 radical (unpaired) electrons. The van der Waals surface area contributed by atoms with E-state index in [1.165, 1.54) is 18.2 Å². The Kier molecular flexibility index (Phi) is 5.44. The molecule has 2 N–H and O–H groups in total. The summed E-state index contributed by atoms with van der Waals surface area (Å²) in [6.07, 6.45) is 6.30. The fourth-order valence-electron chi connectivity index (χ4n) is 1.47. The van der Waals surface area contributed by atoms with Gasteiger partial charge in [0, 0.05) is 23.5 Å². The van der Waals surface area contributed by atoms with E-state index in [1.54, 1.807) is 24.5 Å². The smallest absolute Gasteiger partial charge is 0.262 e. The van der Waals surface area contributed by atoms with E-state index in [0.29, 0.717) is 20.8 Å². The normalized spacial score (nSPS) is 10.6. The Labute approximate surface area is 136 Å². The van der Waals surface area contributed by atoms with E-state index in [9.17, 15) is 4.79 Å². The van der Waals surface area contributed by atoms with Crippen molar-refractivity contribution >= 4 is 52.5 Å². The van der Waals surface area contributed by atoms with Gasteiger partial charge in [0.1, 0.15) is 0 Å². The fraction of sp³-hybridized carbons (Fsp3) is 0. The van der Waals surface area contributed by atoms with E-state index in [4.69, 9.17) is 34.8 Å². The van der Waals surface area contributed by atoms with Gasteiger partial charge in [0.25, 0.3) is 5.91 Å². The average molecular weight is 343 g/mol. The minimum Gasteiger partial charge on any atom is -0.295 e. The summed E-state index contributed by atoms with van der Waals surface area (Å²) in [6, 6.07) is 6.66. The molecule has 0 saturated carbocycles. The van der Waals surface area contributed by atoms with E-state index in [2.05, 4.69) is 15.8 Å². The van der Waals surface area contributed by atoms with Gasteiger partial charge in [0.15, 0.2) is 0 Å². The standard InChI is InChI=1S/C14H10Cl3N3O/c15-10-6-11(16)14(12(17)7-10)20-19-13(21)4-3-9-2-1-5-18-8-9/h1-8,20H,(H,19,21)/b4-3+. The first-order valence-electron chi connectivity index (χ1n) is 5.85. The molecule has 4 nitrogen and oxygen atoms in total. The molecule has 0 atom stereocenters. The maximum atomic E-state index is 11.7. The number of rotatable bonds is 4. The van der Waals surface area contributed by atoms with Crippen LogP contribution in [0.1, 0.15) is 5.56 Å². The number of amides is 1. The van der Waals surface area contributed by atoms with Crippen molar-refractivity contribution < 1.29 is 4.79 Å². The summed E-state index contributed by atoms with van der Waals surface area (Å²) in [5.41, 5.74) is 6.31. The SMILES string of the molecule is O=C(/C=C/c1cccnc1)NNc1c(Cl)cc(Cl)cc1Cl. The van der Waals surface area contributed by atoms with Crippen LogP contribution in [-0.2, 0) is 4.79 Å². The molecule has 0 aliphatic heterocycles. The Balaban J connectivity index is 1.97. The number of anilines is 1. The average Bonchev–Trinajstić information content (AvgIpc) is 2.45. The Hall–Kier alpha value is -1.75. The molecule has 2 rings (SSSR count). The Morgan fingerprint density at radius 2 is 1.90 bits per heavy atom. The van der Waals surface area contributed by atoms with Crippen LogP contribution in [0.5, 0.6) is 0 Å². The van der Waals surface area contributed by atoms with E-state index >= 15 is 0 Å². The maximum absolute atomic E-state index is 11.7. The lowest BCUT2D eigenvalue weighted by Gasteiger charge is -2.10. The van der Waals surface area contributed by atoms with Crippen molar-refractivity contribution in [2.45, 2.75) is 0 Å². The number of nitrogens with one attached hydrogen (secondary N) is 2. The van der Waals surface area contributed by atoms with Gasteiger partial charge < -0.3 is 0 Å². The summed E-state index contributed by atoms with van der Waals surface area (Å²) >= 11 is 17.8. The number of hydrogen-bond donors (Lipinski definition) is 2. The number of aromatic nitrogens is 1. The number of halogens is 3. The monoisotopic (exact) mass is 341 g/mol. The van der Waals surface area contributed by atoms with E-state index < -0.39 is 0 Å². The van der Waals surface area contributed by atoms with Gasteiger partial charge in [-0.1, -0.05) is 40.9 Å². The van der Waals surface area contributed by atoms with Gasteiger partial charge in [0.05, 0.1) is 15.7 Å². The summed E-state index contributed by atoms with van der Waals surface area (Å²) in [4.78, 5) is 15.6. The minimum absolute atomic E-state index is 0.309. The third-order valence-electron chi connectivity index (χ3n) is 2.43. The first-order valence-corrected chi connectivity index (χ1v) is 6.98. The highest BCUT2D eigenvalue weighted by Crippen LogP contribution is 2.32. The first kappa shape index (κ1) is 15.6. The largest absolute Gasteiger partial charge is 0.295 e. The molecule has 0 unspecified atom stereocenters. The predicted octanol–water partition coefficient (Wildman–Crippen LogP) is 4.20. The first-order chi connectivity index (χ1) is 10.1. The molecule has 7 heteroatoms. The number of pyridine rings is 1. The topological polar surface area (TPSA) is 54.0 Å². The van der Waals surface area contributed by atoms with Crippen LogP contribution >= 0.6 is 34.8 Å². The van der Waals surface area contributed by atoms with E-state index in [1.807, 2.05) is 6.07 Å². The summed E-state index contributed by atoms with van der Waals surface area (Å²) in [5.74, 6) is -0.360. The third-order valence-corrected chi connectivity index (χ3v) is 3.24. The predicted molar refractivity (Wildman–Crippen MR) is 86.5 cm³/mol. The lowest BCUT2D eigenvalue weighted by Crippen LogP contribution is -2.27. The number of hydrogen-bond acceptors (Lipinski definition) is 3. The van der Waals surface area contributed by atoms with Gasteiger partial charge in [-0.3, -0.25) is 20.6 Å². The van der Waals surface area contributed by atoms with E-state index in [-0.39, 0.29) is 5.91 Å². The van der Waals surface area contributed by atoms with Crippen molar-refractivity contribution in [1.29, 1.82) is 0 Å². The molecule has 0 aliphatic carbocycles. The zero-order valence-electron chi connectivity index (χ0n) is 10.6. The molecular weight excluding hydrogens is 333 g/mol. The molecule has 1 amide bonds. The van der Waals surface area contributed by atoms with Crippen molar-refractivity contribution in [3.63, 3.8) is 0 Å². The van der Waals surface area contributed by atoms with Gasteiger partial charge >= 0.3 is 0 Å². The van der Waals surface area contributed by atoms with Gasteiger partial charge in [-0.15, -0.1) is 0 Å². The molecule has 2 aromatic rings. The fourth-order valence-corrected chi connectivity index (χ4v) is 2.39. The quantitative estimate of drug-likeness (QED) is 0.647. The number of hydrazine groups is 1. The van der Waals surface area contributed by atoms with Crippen LogP contribution in [0.2, 0.25) is 15.1 Å². The molecular formula is C14H10Cl3N3O. The van der Waals surface area contributed by atoms with Crippen LogP contribution in [0.15, 0.2) is 42.7 Å². The molecule has 108 valence electrons. The zero-order chi connectivity index (χ0) is 15.2. The summed E-state index contributed by atoms with van der Waals surface area (Å²) < 4.78 is 0. The Bertz CT molecular complexity index is 651. The van der Waals surface area contributed by atoms with Crippen LogP contribution in [0.3, 0.4) is 0 Å². The molecule has 0 fully saturated rings. The second kappa shape index (κ2) is 7.31. The van der Waals surface area contributed by atoms with Crippen LogP contribution in [0.4, 0.5) is 5.69 Å². The molecule has 1 aromatic carbocycles. The maximum Gasteiger partial charge on any atom is 0.262 e. The van der Waals surface area contributed by atoms with Gasteiger partial charge in [-0.05, 0) is 29.8 Å². The number of benzene rings is 1. The van der Waals surface area contributed by atoms with Gasteiger partial charge in [0.2, 0.25) is 0 Å². The van der Waals surface area contributed by atoms with Crippen LogP contribution in [0, 0.1) is 0 Å². The molecule has 21 heavy (non-hydrogen) atoms. The molecule has 0 spiro atoms. The molecule has 1 aromatic heterocycles. The lowest BCUT2D eigenvalue weighted by molar-refractivity contribution is -0.115. The van der Waals surface area contributed by atoms with Crippen LogP contribution in [0.25, 0.3) is 6.08 Å². The van der Waals surface area contributed by atoms with Gasteiger partial charge in [-0.2, -0.15) is 0 Å². The number of nitrogens with zero attached hydrogens (tertiary/aromatic N) is 1. The second-order valence-electron chi connectivity index (χ2n) is 3.98. The third kappa shape index (κ3) is 4.63.